The van der Waals surface area contributed by atoms with E-state index in [-0.39, 0.29) is 11.3 Å². The minimum absolute atomic E-state index is 0.0564. The van der Waals surface area contributed by atoms with Crippen molar-refractivity contribution in [2.45, 2.75) is 5.92 Å². The number of nitrogens with two attached hydrogens (primary N) is 1. The topological polar surface area (TPSA) is 110 Å². The third kappa shape index (κ3) is 3.83. The number of ether oxygens (including phenoxy) is 1. The van der Waals surface area contributed by atoms with Crippen molar-refractivity contribution in [3.8, 4) is 11.5 Å². The lowest BCUT2D eigenvalue weighted by molar-refractivity contribution is -0.127. The molecule has 7 nitrogen and oxygen atoms in total. The fraction of sp³-hybridized carbons (Fsp3) is 0.0455. The minimum Gasteiger partial charge on any atom is -0.453 e. The summed E-state index contributed by atoms with van der Waals surface area (Å²) < 4.78 is 20.4. The van der Waals surface area contributed by atoms with Crippen molar-refractivity contribution < 1.29 is 18.7 Å². The van der Waals surface area contributed by atoms with Gasteiger partial charge in [-0.05, 0) is 42.0 Å². The van der Waals surface area contributed by atoms with E-state index in [2.05, 4.69) is 15.3 Å². The molecule has 0 aliphatic heterocycles. The molecule has 0 aliphatic rings. The molecule has 0 saturated carbocycles. The lowest BCUT2D eigenvalue weighted by atomic mass is 9.97. The number of aromatic nitrogens is 2. The highest BCUT2D eigenvalue weighted by molar-refractivity contribution is 6.10. The quantitative estimate of drug-likeness (QED) is 0.426. The van der Waals surface area contributed by atoms with Gasteiger partial charge in [-0.3, -0.25) is 9.59 Å². The molecule has 1 atom stereocenters. The van der Waals surface area contributed by atoms with Gasteiger partial charge in [-0.25, -0.2) is 9.37 Å². The minimum atomic E-state index is -1.36. The number of para-hydroxylation sites is 1. The van der Waals surface area contributed by atoms with E-state index in [0.717, 1.165) is 6.07 Å². The maximum absolute atomic E-state index is 14.7. The molecule has 4 N–H and O–H groups in total. The molecule has 2 aromatic heterocycles. The number of anilines is 1. The lowest BCUT2D eigenvalue weighted by Gasteiger charge is -2.15. The summed E-state index contributed by atoms with van der Waals surface area (Å²) in [7, 11) is 0. The van der Waals surface area contributed by atoms with Crippen LogP contribution in [0.25, 0.3) is 11.0 Å². The maximum Gasteiger partial charge on any atom is 0.241 e. The van der Waals surface area contributed by atoms with Crippen molar-refractivity contribution in [1.82, 2.24) is 9.97 Å². The Hall–Kier alpha value is -4.20. The summed E-state index contributed by atoms with van der Waals surface area (Å²) >= 11 is 0. The van der Waals surface area contributed by atoms with Gasteiger partial charge in [-0.15, -0.1) is 0 Å². The van der Waals surface area contributed by atoms with Gasteiger partial charge in [0.15, 0.2) is 11.6 Å². The summed E-state index contributed by atoms with van der Waals surface area (Å²) in [5.74, 6) is -3.26. The molecule has 2 aromatic carbocycles. The van der Waals surface area contributed by atoms with Gasteiger partial charge in [0.1, 0.15) is 17.3 Å². The number of fused-ring (bicyclic) bond motifs is 1. The van der Waals surface area contributed by atoms with E-state index in [1.807, 2.05) is 0 Å². The predicted molar refractivity (Wildman–Crippen MR) is 110 cm³/mol. The largest absolute Gasteiger partial charge is 0.453 e. The summed E-state index contributed by atoms with van der Waals surface area (Å²) in [5, 5.41) is 3.30. The van der Waals surface area contributed by atoms with Crippen LogP contribution in [-0.2, 0) is 9.59 Å². The van der Waals surface area contributed by atoms with Gasteiger partial charge in [0.2, 0.25) is 11.8 Å². The Balaban J connectivity index is 1.59. The van der Waals surface area contributed by atoms with Crippen LogP contribution >= 0.6 is 0 Å². The summed E-state index contributed by atoms with van der Waals surface area (Å²) in [6.45, 7) is 0. The number of benzene rings is 2. The van der Waals surface area contributed by atoms with Gasteiger partial charge >= 0.3 is 0 Å². The number of hydrogen-bond donors (Lipinski definition) is 3. The van der Waals surface area contributed by atoms with E-state index in [0.29, 0.717) is 22.5 Å². The molecule has 0 fully saturated rings. The Bertz CT molecular complexity index is 1220. The van der Waals surface area contributed by atoms with Crippen LogP contribution in [0.1, 0.15) is 11.5 Å². The number of primary amides is 1. The van der Waals surface area contributed by atoms with E-state index in [9.17, 15) is 14.0 Å². The smallest absolute Gasteiger partial charge is 0.241 e. The molecule has 8 heteroatoms. The van der Waals surface area contributed by atoms with Crippen LogP contribution in [0.2, 0.25) is 0 Å². The van der Waals surface area contributed by atoms with Crippen molar-refractivity contribution in [2.75, 3.05) is 5.32 Å². The second kappa shape index (κ2) is 8.04. The summed E-state index contributed by atoms with van der Waals surface area (Å²) in [4.78, 5) is 31.6. The number of nitrogens with one attached hydrogen (secondary N) is 2. The number of H-pyrrole nitrogens is 1. The van der Waals surface area contributed by atoms with Crippen molar-refractivity contribution in [2.24, 2.45) is 5.73 Å². The first-order chi connectivity index (χ1) is 14.5. The van der Waals surface area contributed by atoms with E-state index >= 15 is 0 Å². The number of hydrogen-bond acceptors (Lipinski definition) is 4. The molecular weight excluding hydrogens is 387 g/mol. The first-order valence-electron chi connectivity index (χ1n) is 9.07. The highest BCUT2D eigenvalue weighted by Crippen LogP contribution is 2.31. The molecular formula is C22H17FN4O3. The molecule has 2 heterocycles. The zero-order valence-electron chi connectivity index (χ0n) is 15.6. The van der Waals surface area contributed by atoms with Crippen LogP contribution in [-0.4, -0.2) is 21.8 Å². The number of amides is 2. The zero-order chi connectivity index (χ0) is 21.1. The molecule has 0 radical (unpaired) electrons. The first kappa shape index (κ1) is 19.1. The third-order valence-electron chi connectivity index (χ3n) is 4.52. The van der Waals surface area contributed by atoms with Crippen LogP contribution in [0, 0.1) is 5.82 Å². The number of nitrogens with zero attached hydrogens (tertiary/aromatic N) is 1. The molecule has 4 rings (SSSR count). The number of carbonyl (C=O) groups excluding carboxylic acids is 2. The monoisotopic (exact) mass is 404 g/mol. The van der Waals surface area contributed by atoms with Crippen LogP contribution in [0.15, 0.2) is 73.1 Å². The molecule has 1 unspecified atom stereocenters. The van der Waals surface area contributed by atoms with E-state index < -0.39 is 23.5 Å². The van der Waals surface area contributed by atoms with Crippen molar-refractivity contribution in [3.05, 3.63) is 84.4 Å². The molecule has 0 bridgehead atoms. The normalized spacial score (nSPS) is 11.8. The summed E-state index contributed by atoms with van der Waals surface area (Å²) in [6, 6.07) is 15.9. The van der Waals surface area contributed by atoms with Gasteiger partial charge in [-0.1, -0.05) is 24.3 Å². The summed E-state index contributed by atoms with van der Waals surface area (Å²) in [6.07, 6.45) is 3.24. The number of pyridine rings is 1. The number of rotatable bonds is 6. The Kier molecular flexibility index (Phi) is 5.13. The van der Waals surface area contributed by atoms with Crippen molar-refractivity contribution in [3.63, 3.8) is 0 Å². The Morgan fingerprint density at radius 2 is 1.87 bits per heavy atom. The van der Waals surface area contributed by atoms with Gasteiger partial charge < -0.3 is 20.8 Å². The third-order valence-corrected chi connectivity index (χ3v) is 4.52. The molecule has 4 aromatic rings. The molecule has 2 amide bonds. The van der Waals surface area contributed by atoms with E-state index in [4.69, 9.17) is 10.5 Å². The predicted octanol–water partition coefficient (Wildman–Crippen LogP) is 3.70. The SMILES string of the molecule is NC(=O)C(C(=O)Nc1ccccc1)c1ccc(Oc2ccnc3[nH]ccc23)c(F)c1. The average Bonchev–Trinajstić information content (AvgIpc) is 3.20. The molecule has 150 valence electrons. The van der Waals surface area contributed by atoms with Crippen LogP contribution in [0.5, 0.6) is 11.5 Å². The second-order valence-corrected chi connectivity index (χ2v) is 6.53. The van der Waals surface area contributed by atoms with Crippen LogP contribution < -0.4 is 15.8 Å². The molecule has 0 aliphatic carbocycles. The van der Waals surface area contributed by atoms with E-state index in [1.54, 1.807) is 48.7 Å². The fourth-order valence-electron chi connectivity index (χ4n) is 3.10. The highest BCUT2D eigenvalue weighted by Gasteiger charge is 2.27. The van der Waals surface area contributed by atoms with Crippen LogP contribution in [0.3, 0.4) is 0 Å². The molecule has 30 heavy (non-hydrogen) atoms. The van der Waals surface area contributed by atoms with Crippen molar-refractivity contribution in [1.29, 1.82) is 0 Å². The Morgan fingerprint density at radius 1 is 1.07 bits per heavy atom. The average molecular weight is 404 g/mol. The first-order valence-corrected chi connectivity index (χ1v) is 9.07. The number of aromatic amines is 1. The fourth-order valence-corrected chi connectivity index (χ4v) is 3.10. The molecule has 0 spiro atoms. The van der Waals surface area contributed by atoms with Gasteiger partial charge in [0, 0.05) is 18.1 Å². The summed E-state index contributed by atoms with van der Waals surface area (Å²) in [5.41, 5.74) is 6.66. The number of halogens is 1. The maximum atomic E-state index is 14.7. The highest BCUT2D eigenvalue weighted by atomic mass is 19.1. The number of carbonyl (C=O) groups is 2. The van der Waals surface area contributed by atoms with Gasteiger partial charge in [0.05, 0.1) is 5.39 Å². The zero-order valence-corrected chi connectivity index (χ0v) is 15.6. The van der Waals surface area contributed by atoms with Gasteiger partial charge in [-0.2, -0.15) is 0 Å². The molecule has 0 saturated heterocycles. The lowest BCUT2D eigenvalue weighted by Crippen LogP contribution is -2.32. The second-order valence-electron chi connectivity index (χ2n) is 6.53. The Labute approximate surface area is 170 Å². The van der Waals surface area contributed by atoms with E-state index in [1.165, 1.54) is 18.3 Å². The van der Waals surface area contributed by atoms with Crippen LogP contribution in [0.4, 0.5) is 10.1 Å². The standard InChI is InChI=1S/C22H17FN4O3/c23-16-12-13(19(20(24)28)22(29)27-14-4-2-1-3-5-14)6-7-18(16)30-17-9-11-26-21-15(17)8-10-25-21/h1-12,19H,(H2,24,28)(H,25,26)(H,27,29). The Morgan fingerprint density at radius 3 is 2.60 bits per heavy atom. The van der Waals surface area contributed by atoms with Crippen molar-refractivity contribution >= 4 is 28.5 Å². The van der Waals surface area contributed by atoms with Gasteiger partial charge in [0.25, 0.3) is 0 Å².